The first-order valence-corrected chi connectivity index (χ1v) is 6.31. The van der Waals surface area contributed by atoms with Crippen molar-refractivity contribution >= 4 is 5.97 Å². The average Bonchev–Trinajstić information content (AvgIpc) is 2.54. The standard InChI is InChI=1S/C16H14N2O2/c1-20-15(19)13-7-8-14(12-5-3-2-4-6-12)16(9-13,10-17)11-18/h2-7,14H,8-9H2,1H3/t14-/m1/s1. The number of ether oxygens (including phenoxy) is 1. The quantitative estimate of drug-likeness (QED) is 0.771. The summed E-state index contributed by atoms with van der Waals surface area (Å²) in [7, 11) is 1.30. The molecule has 0 aromatic heterocycles. The molecule has 0 amide bonds. The number of nitrogens with zero attached hydrogens (tertiary/aromatic N) is 2. The Morgan fingerprint density at radius 2 is 1.95 bits per heavy atom. The molecule has 2 rings (SSSR count). The van der Waals surface area contributed by atoms with Gasteiger partial charge >= 0.3 is 5.97 Å². The minimum absolute atomic E-state index is 0.103. The maximum Gasteiger partial charge on any atom is 0.333 e. The van der Waals surface area contributed by atoms with E-state index in [4.69, 9.17) is 0 Å². The number of benzene rings is 1. The Balaban J connectivity index is 2.44. The van der Waals surface area contributed by atoms with Gasteiger partial charge in [0.2, 0.25) is 0 Å². The summed E-state index contributed by atoms with van der Waals surface area (Å²) in [5.41, 5.74) is 0.123. The lowest BCUT2D eigenvalue weighted by Gasteiger charge is -2.32. The molecule has 0 unspecified atom stereocenters. The molecule has 0 spiro atoms. The van der Waals surface area contributed by atoms with Crippen molar-refractivity contribution < 1.29 is 9.53 Å². The van der Waals surface area contributed by atoms with Gasteiger partial charge in [0.1, 0.15) is 0 Å². The Bertz CT molecular complexity index is 606. The molecule has 0 N–H and O–H groups in total. The third-order valence-electron chi connectivity index (χ3n) is 3.71. The van der Waals surface area contributed by atoms with E-state index in [-0.39, 0.29) is 12.3 Å². The Hall–Kier alpha value is -2.59. The van der Waals surface area contributed by atoms with Crippen LogP contribution in [0.5, 0.6) is 0 Å². The van der Waals surface area contributed by atoms with Gasteiger partial charge in [-0.05, 0) is 12.0 Å². The fourth-order valence-corrected chi connectivity index (χ4v) is 2.61. The van der Waals surface area contributed by atoms with Gasteiger partial charge in [-0.3, -0.25) is 0 Å². The highest BCUT2D eigenvalue weighted by molar-refractivity contribution is 5.89. The molecule has 4 nitrogen and oxygen atoms in total. The maximum atomic E-state index is 11.6. The lowest BCUT2D eigenvalue weighted by Crippen LogP contribution is -2.31. The van der Waals surface area contributed by atoms with Crippen LogP contribution >= 0.6 is 0 Å². The average molecular weight is 266 g/mol. The molecule has 0 radical (unpaired) electrons. The number of hydrogen-bond donors (Lipinski definition) is 0. The molecule has 1 aromatic rings. The van der Waals surface area contributed by atoms with E-state index in [2.05, 4.69) is 16.9 Å². The van der Waals surface area contributed by atoms with Crippen molar-refractivity contribution in [1.82, 2.24) is 0 Å². The number of carbonyl (C=O) groups is 1. The van der Waals surface area contributed by atoms with E-state index < -0.39 is 11.4 Å². The number of esters is 1. The predicted molar refractivity (Wildman–Crippen MR) is 72.2 cm³/mol. The molecule has 0 saturated carbocycles. The number of rotatable bonds is 2. The second-order valence-electron chi connectivity index (χ2n) is 4.79. The monoisotopic (exact) mass is 266 g/mol. The fraction of sp³-hybridized carbons (Fsp3) is 0.312. The van der Waals surface area contributed by atoms with E-state index in [1.807, 2.05) is 30.3 Å². The van der Waals surface area contributed by atoms with E-state index >= 15 is 0 Å². The zero-order valence-electron chi connectivity index (χ0n) is 11.2. The van der Waals surface area contributed by atoms with Crippen LogP contribution in [-0.4, -0.2) is 13.1 Å². The number of allylic oxidation sites excluding steroid dienone is 1. The minimum Gasteiger partial charge on any atom is -0.466 e. The van der Waals surface area contributed by atoms with Gasteiger partial charge in [-0.25, -0.2) is 4.79 Å². The molecule has 0 aliphatic heterocycles. The number of methoxy groups -OCH3 is 1. The molecule has 0 heterocycles. The molecule has 100 valence electrons. The predicted octanol–water partition coefficient (Wildman–Crippen LogP) is 2.70. The Morgan fingerprint density at radius 1 is 1.30 bits per heavy atom. The van der Waals surface area contributed by atoms with Crippen LogP contribution in [0.25, 0.3) is 0 Å². The van der Waals surface area contributed by atoms with Crippen LogP contribution in [0.1, 0.15) is 24.3 Å². The second-order valence-corrected chi connectivity index (χ2v) is 4.79. The summed E-state index contributed by atoms with van der Waals surface area (Å²) >= 11 is 0. The summed E-state index contributed by atoms with van der Waals surface area (Å²) in [6, 6.07) is 13.7. The first-order chi connectivity index (χ1) is 9.66. The van der Waals surface area contributed by atoms with Gasteiger partial charge in [0.05, 0.1) is 19.2 Å². The normalized spacial score (nSPS) is 20.1. The van der Waals surface area contributed by atoms with Crippen molar-refractivity contribution in [3.05, 3.63) is 47.5 Å². The highest BCUT2D eigenvalue weighted by Gasteiger charge is 2.44. The number of carbonyl (C=O) groups excluding carboxylic acids is 1. The zero-order chi connectivity index (χ0) is 14.6. The molecule has 1 atom stereocenters. The summed E-state index contributed by atoms with van der Waals surface area (Å²) in [6.45, 7) is 0. The molecule has 0 fully saturated rings. The van der Waals surface area contributed by atoms with Gasteiger partial charge in [-0.1, -0.05) is 36.4 Å². The van der Waals surface area contributed by atoms with Gasteiger partial charge < -0.3 is 4.74 Å². The van der Waals surface area contributed by atoms with Crippen molar-refractivity contribution in [2.45, 2.75) is 18.8 Å². The van der Waals surface area contributed by atoms with Crippen LogP contribution in [0, 0.1) is 28.1 Å². The van der Waals surface area contributed by atoms with E-state index in [1.54, 1.807) is 6.08 Å². The first kappa shape index (κ1) is 13.8. The van der Waals surface area contributed by atoms with Gasteiger partial charge in [0.25, 0.3) is 0 Å². The van der Waals surface area contributed by atoms with Gasteiger partial charge in [-0.2, -0.15) is 10.5 Å². The molecule has 4 heteroatoms. The summed E-state index contributed by atoms with van der Waals surface area (Å²) in [6.07, 6.45) is 2.36. The van der Waals surface area contributed by atoms with Crippen molar-refractivity contribution in [2.75, 3.05) is 7.11 Å². The lowest BCUT2D eigenvalue weighted by atomic mass is 9.66. The first-order valence-electron chi connectivity index (χ1n) is 6.31. The number of hydrogen-bond acceptors (Lipinski definition) is 4. The third kappa shape index (κ3) is 2.29. The van der Waals surface area contributed by atoms with Gasteiger partial charge in [0, 0.05) is 17.9 Å². The summed E-state index contributed by atoms with van der Waals surface area (Å²) in [5.74, 6) is -0.696. The number of nitriles is 2. The van der Waals surface area contributed by atoms with Crippen molar-refractivity contribution in [3.8, 4) is 12.1 Å². The SMILES string of the molecule is COC(=O)C1=CC[C@H](c2ccccc2)C(C#N)(C#N)C1. The Labute approximate surface area is 117 Å². The third-order valence-corrected chi connectivity index (χ3v) is 3.71. The Morgan fingerprint density at radius 3 is 2.50 bits per heavy atom. The van der Waals surface area contributed by atoms with Crippen LogP contribution in [0.3, 0.4) is 0 Å². The van der Waals surface area contributed by atoms with Crippen molar-refractivity contribution in [3.63, 3.8) is 0 Å². The van der Waals surface area contributed by atoms with Gasteiger partial charge in [-0.15, -0.1) is 0 Å². The fourth-order valence-electron chi connectivity index (χ4n) is 2.61. The molecule has 1 aliphatic carbocycles. The van der Waals surface area contributed by atoms with Gasteiger partial charge in [0.15, 0.2) is 5.41 Å². The second kappa shape index (κ2) is 5.59. The van der Waals surface area contributed by atoms with Crippen molar-refractivity contribution in [1.29, 1.82) is 10.5 Å². The molecule has 20 heavy (non-hydrogen) atoms. The molecule has 0 saturated heterocycles. The Kier molecular flexibility index (Phi) is 3.86. The molecular formula is C16H14N2O2. The molecule has 0 bridgehead atoms. The highest BCUT2D eigenvalue weighted by Crippen LogP contribution is 2.46. The molecule has 1 aliphatic rings. The minimum atomic E-state index is -1.22. The lowest BCUT2D eigenvalue weighted by molar-refractivity contribution is -0.136. The summed E-state index contributed by atoms with van der Waals surface area (Å²) in [4.78, 5) is 11.6. The zero-order valence-corrected chi connectivity index (χ0v) is 11.2. The van der Waals surface area contributed by atoms with Crippen LogP contribution < -0.4 is 0 Å². The van der Waals surface area contributed by atoms with E-state index in [9.17, 15) is 15.3 Å². The maximum absolute atomic E-state index is 11.6. The van der Waals surface area contributed by atoms with E-state index in [0.29, 0.717) is 12.0 Å². The molecular weight excluding hydrogens is 252 g/mol. The van der Waals surface area contributed by atoms with Crippen LogP contribution in [0.4, 0.5) is 0 Å². The van der Waals surface area contributed by atoms with Crippen LogP contribution in [-0.2, 0) is 9.53 Å². The van der Waals surface area contributed by atoms with E-state index in [0.717, 1.165) is 5.56 Å². The molecule has 1 aromatic carbocycles. The smallest absolute Gasteiger partial charge is 0.333 e. The summed E-state index contributed by atoms with van der Waals surface area (Å²) in [5, 5.41) is 19.0. The van der Waals surface area contributed by atoms with E-state index in [1.165, 1.54) is 7.11 Å². The van der Waals surface area contributed by atoms with Crippen LogP contribution in [0.2, 0.25) is 0 Å². The van der Waals surface area contributed by atoms with Crippen molar-refractivity contribution in [2.24, 2.45) is 5.41 Å². The summed E-state index contributed by atoms with van der Waals surface area (Å²) < 4.78 is 4.69. The van der Waals surface area contributed by atoms with Crippen LogP contribution in [0.15, 0.2) is 42.0 Å². The topological polar surface area (TPSA) is 73.9 Å². The highest BCUT2D eigenvalue weighted by atomic mass is 16.5. The largest absolute Gasteiger partial charge is 0.466 e.